The molecule has 0 aromatic carbocycles. The van der Waals surface area contributed by atoms with Crippen LogP contribution in [0.4, 0.5) is 17.6 Å². The van der Waals surface area contributed by atoms with Crippen LogP contribution in [0.1, 0.15) is 58.1 Å². The topological polar surface area (TPSA) is 80.5 Å². The average Bonchev–Trinajstić information content (AvgIpc) is 3.15. The van der Waals surface area contributed by atoms with Gasteiger partial charge >= 0.3 is 0 Å². The Kier molecular flexibility index (Phi) is 4.19. The molecule has 2 N–H and O–H groups in total. The SMILES string of the molecule is CNc1nncc(Nc2cc(C3CCCC3)nn2C(C)(C)C)n1. The van der Waals surface area contributed by atoms with E-state index in [9.17, 15) is 0 Å². The second kappa shape index (κ2) is 6.14. The zero-order chi connectivity index (χ0) is 16.4. The molecular formula is C16H25N7. The van der Waals surface area contributed by atoms with Crippen LogP contribution < -0.4 is 10.6 Å². The maximum absolute atomic E-state index is 4.88. The van der Waals surface area contributed by atoms with Crippen LogP contribution >= 0.6 is 0 Å². The van der Waals surface area contributed by atoms with Gasteiger partial charge in [-0.3, -0.25) is 0 Å². The van der Waals surface area contributed by atoms with E-state index in [1.54, 1.807) is 13.2 Å². The van der Waals surface area contributed by atoms with Gasteiger partial charge in [0.2, 0.25) is 5.95 Å². The predicted molar refractivity (Wildman–Crippen MR) is 91.1 cm³/mol. The van der Waals surface area contributed by atoms with Crippen molar-refractivity contribution < 1.29 is 0 Å². The fraction of sp³-hybridized carbons (Fsp3) is 0.625. The highest BCUT2D eigenvalue weighted by Crippen LogP contribution is 2.36. The summed E-state index contributed by atoms with van der Waals surface area (Å²) >= 11 is 0. The molecule has 0 spiro atoms. The van der Waals surface area contributed by atoms with Gasteiger partial charge in [0, 0.05) is 19.0 Å². The third-order valence-electron chi connectivity index (χ3n) is 4.18. The van der Waals surface area contributed by atoms with E-state index in [0.29, 0.717) is 17.7 Å². The molecule has 1 aliphatic carbocycles. The van der Waals surface area contributed by atoms with Gasteiger partial charge < -0.3 is 10.6 Å². The minimum Gasteiger partial charge on any atom is -0.356 e. The van der Waals surface area contributed by atoms with Crippen molar-refractivity contribution in [2.24, 2.45) is 0 Å². The van der Waals surface area contributed by atoms with E-state index in [-0.39, 0.29) is 5.54 Å². The summed E-state index contributed by atoms with van der Waals surface area (Å²) in [5, 5.41) is 19.0. The van der Waals surface area contributed by atoms with Crippen molar-refractivity contribution in [3.8, 4) is 0 Å². The molecule has 124 valence electrons. The molecule has 0 unspecified atom stereocenters. The Balaban J connectivity index is 1.92. The summed E-state index contributed by atoms with van der Waals surface area (Å²) in [7, 11) is 1.78. The molecule has 1 saturated carbocycles. The van der Waals surface area contributed by atoms with Crippen LogP contribution in [0.15, 0.2) is 12.3 Å². The van der Waals surface area contributed by atoms with Gasteiger partial charge in [-0.15, -0.1) is 5.10 Å². The fourth-order valence-electron chi connectivity index (χ4n) is 3.02. The summed E-state index contributed by atoms with van der Waals surface area (Å²) < 4.78 is 2.04. The monoisotopic (exact) mass is 315 g/mol. The lowest BCUT2D eigenvalue weighted by Crippen LogP contribution is -2.25. The average molecular weight is 315 g/mol. The van der Waals surface area contributed by atoms with Gasteiger partial charge in [-0.1, -0.05) is 12.8 Å². The van der Waals surface area contributed by atoms with E-state index in [1.165, 1.54) is 31.4 Å². The lowest BCUT2D eigenvalue weighted by molar-refractivity contribution is 0.357. The maximum Gasteiger partial charge on any atom is 0.244 e. The Morgan fingerprint density at radius 1 is 1.22 bits per heavy atom. The molecule has 7 nitrogen and oxygen atoms in total. The normalized spacial score (nSPS) is 15.8. The zero-order valence-corrected chi connectivity index (χ0v) is 14.3. The van der Waals surface area contributed by atoms with E-state index >= 15 is 0 Å². The first-order chi connectivity index (χ1) is 11.0. The molecule has 2 aromatic heterocycles. The molecule has 1 fully saturated rings. The summed E-state index contributed by atoms with van der Waals surface area (Å²) in [6.45, 7) is 6.46. The molecule has 7 heteroatoms. The van der Waals surface area contributed by atoms with Crippen LogP contribution in [-0.4, -0.2) is 32.0 Å². The molecule has 0 aliphatic heterocycles. The largest absolute Gasteiger partial charge is 0.356 e. The van der Waals surface area contributed by atoms with Crippen molar-refractivity contribution >= 4 is 17.6 Å². The minimum atomic E-state index is -0.106. The van der Waals surface area contributed by atoms with Gasteiger partial charge in [0.25, 0.3) is 0 Å². The van der Waals surface area contributed by atoms with Crippen molar-refractivity contribution in [3.63, 3.8) is 0 Å². The quantitative estimate of drug-likeness (QED) is 0.901. The Morgan fingerprint density at radius 3 is 2.61 bits per heavy atom. The second-order valence-electron chi connectivity index (χ2n) is 7.06. The van der Waals surface area contributed by atoms with E-state index in [2.05, 4.69) is 52.7 Å². The van der Waals surface area contributed by atoms with Gasteiger partial charge in [0.1, 0.15) is 5.82 Å². The zero-order valence-electron chi connectivity index (χ0n) is 14.3. The number of anilines is 3. The lowest BCUT2D eigenvalue weighted by atomic mass is 10.0. The van der Waals surface area contributed by atoms with E-state index in [4.69, 9.17) is 5.10 Å². The van der Waals surface area contributed by atoms with Gasteiger partial charge in [-0.25, -0.2) is 4.68 Å². The highest BCUT2D eigenvalue weighted by atomic mass is 15.4. The van der Waals surface area contributed by atoms with Crippen LogP contribution in [-0.2, 0) is 5.54 Å². The number of aromatic nitrogens is 5. The second-order valence-corrected chi connectivity index (χ2v) is 7.06. The molecule has 1 aliphatic rings. The number of rotatable bonds is 4. The molecule has 23 heavy (non-hydrogen) atoms. The first-order valence-corrected chi connectivity index (χ1v) is 8.22. The van der Waals surface area contributed by atoms with Crippen molar-refractivity contribution in [2.45, 2.75) is 57.9 Å². The van der Waals surface area contributed by atoms with Crippen LogP contribution in [0.25, 0.3) is 0 Å². The van der Waals surface area contributed by atoms with Gasteiger partial charge in [-0.05, 0) is 33.6 Å². The van der Waals surface area contributed by atoms with Crippen LogP contribution in [0.2, 0.25) is 0 Å². The van der Waals surface area contributed by atoms with Crippen molar-refractivity contribution in [3.05, 3.63) is 18.0 Å². The van der Waals surface area contributed by atoms with E-state index < -0.39 is 0 Å². The third kappa shape index (κ3) is 3.43. The third-order valence-corrected chi connectivity index (χ3v) is 4.18. The van der Waals surface area contributed by atoms with Crippen molar-refractivity contribution in [1.29, 1.82) is 0 Å². The molecule has 0 saturated heterocycles. The standard InChI is InChI=1S/C16H25N7/c1-16(2,3)23-14(9-12(22-23)11-7-5-6-8-11)19-13-10-18-21-15(17-4)20-13/h9-11H,5-8H2,1-4H3,(H2,17,19,20,21). The van der Waals surface area contributed by atoms with Crippen molar-refractivity contribution in [1.82, 2.24) is 25.0 Å². The van der Waals surface area contributed by atoms with Gasteiger partial charge in [0.15, 0.2) is 5.82 Å². The minimum absolute atomic E-state index is 0.106. The van der Waals surface area contributed by atoms with Crippen LogP contribution in [0.3, 0.4) is 0 Å². The lowest BCUT2D eigenvalue weighted by Gasteiger charge is -2.22. The molecule has 2 aromatic rings. The molecular weight excluding hydrogens is 290 g/mol. The Morgan fingerprint density at radius 2 is 1.96 bits per heavy atom. The van der Waals surface area contributed by atoms with Crippen molar-refractivity contribution in [2.75, 3.05) is 17.7 Å². The summed E-state index contributed by atoms with van der Waals surface area (Å²) in [5.74, 6) is 2.68. The summed E-state index contributed by atoms with van der Waals surface area (Å²) in [5.41, 5.74) is 1.07. The molecule has 2 heterocycles. The molecule has 0 amide bonds. The summed E-state index contributed by atoms with van der Waals surface area (Å²) in [4.78, 5) is 4.38. The molecule has 0 radical (unpaired) electrons. The summed E-state index contributed by atoms with van der Waals surface area (Å²) in [6, 6.07) is 2.16. The van der Waals surface area contributed by atoms with Crippen LogP contribution in [0.5, 0.6) is 0 Å². The fourth-order valence-corrected chi connectivity index (χ4v) is 3.02. The van der Waals surface area contributed by atoms with Crippen LogP contribution in [0, 0.1) is 0 Å². The van der Waals surface area contributed by atoms with Gasteiger partial charge in [-0.2, -0.15) is 15.2 Å². The highest BCUT2D eigenvalue weighted by Gasteiger charge is 2.25. The Labute approximate surface area is 136 Å². The molecule has 0 atom stereocenters. The highest BCUT2D eigenvalue weighted by molar-refractivity contribution is 5.53. The first-order valence-electron chi connectivity index (χ1n) is 8.22. The smallest absolute Gasteiger partial charge is 0.244 e. The Hall–Kier alpha value is -2.18. The predicted octanol–water partition coefficient (Wildman–Crippen LogP) is 3.27. The molecule has 3 rings (SSSR count). The van der Waals surface area contributed by atoms with E-state index in [1.807, 2.05) is 4.68 Å². The molecule has 0 bridgehead atoms. The number of nitrogens with one attached hydrogen (secondary N) is 2. The number of nitrogens with zero attached hydrogens (tertiary/aromatic N) is 5. The van der Waals surface area contributed by atoms with E-state index in [0.717, 1.165) is 5.82 Å². The first kappa shape index (κ1) is 15.7. The number of hydrogen-bond acceptors (Lipinski definition) is 6. The summed E-state index contributed by atoms with van der Waals surface area (Å²) in [6.07, 6.45) is 6.70. The maximum atomic E-state index is 4.88. The Bertz CT molecular complexity index is 665. The van der Waals surface area contributed by atoms with Gasteiger partial charge in [0.05, 0.1) is 17.4 Å². The number of hydrogen-bond donors (Lipinski definition) is 2.